The number of hydrogen-bond acceptors (Lipinski definition) is 4. The van der Waals surface area contributed by atoms with E-state index in [0.717, 1.165) is 0 Å². The monoisotopic (exact) mass is 252 g/mol. The van der Waals surface area contributed by atoms with Crippen molar-refractivity contribution in [2.75, 3.05) is 13.1 Å². The number of nitro groups is 1. The van der Waals surface area contributed by atoms with Gasteiger partial charge >= 0.3 is 0 Å². The molecule has 0 saturated heterocycles. The van der Waals surface area contributed by atoms with Crippen molar-refractivity contribution in [3.63, 3.8) is 0 Å². The van der Waals surface area contributed by atoms with Crippen LogP contribution in [0.15, 0.2) is 24.4 Å². The van der Waals surface area contributed by atoms with Crippen LogP contribution in [-0.2, 0) is 6.54 Å². The first-order valence-electron chi connectivity index (χ1n) is 5.58. The Kier molecular flexibility index (Phi) is 5.06. The Morgan fingerprint density at radius 2 is 2.33 bits per heavy atom. The van der Waals surface area contributed by atoms with E-state index in [2.05, 4.69) is 5.32 Å². The van der Waals surface area contributed by atoms with E-state index in [9.17, 15) is 14.9 Å². The fraction of sp³-hybridized carbons (Fsp3) is 0.364. The zero-order valence-electron chi connectivity index (χ0n) is 10.1. The van der Waals surface area contributed by atoms with Crippen LogP contribution >= 0.6 is 0 Å². The van der Waals surface area contributed by atoms with Gasteiger partial charge < -0.3 is 15.6 Å². The fourth-order valence-corrected chi connectivity index (χ4v) is 1.47. The van der Waals surface area contributed by atoms with Crippen LogP contribution in [0.4, 0.5) is 5.69 Å². The molecule has 0 aromatic carbocycles. The summed E-state index contributed by atoms with van der Waals surface area (Å²) in [7, 11) is 0. The van der Waals surface area contributed by atoms with Crippen LogP contribution in [-0.4, -0.2) is 28.5 Å². The number of hydrogen-bond donors (Lipinski definition) is 2. The molecule has 18 heavy (non-hydrogen) atoms. The lowest BCUT2D eigenvalue weighted by Gasteiger charge is -2.04. The van der Waals surface area contributed by atoms with Crippen molar-refractivity contribution in [2.24, 2.45) is 5.73 Å². The third kappa shape index (κ3) is 3.42. The summed E-state index contributed by atoms with van der Waals surface area (Å²) < 4.78 is 1.54. The highest BCUT2D eigenvalue weighted by molar-refractivity contribution is 5.93. The molecule has 0 spiro atoms. The SMILES string of the molecule is CCn1cc([N+](=O)[O-])cc1C(=O)NC/C=C/CN. The molecule has 0 aliphatic heterocycles. The molecule has 1 aromatic rings. The molecule has 7 nitrogen and oxygen atoms in total. The molecule has 7 heteroatoms. The second-order valence-corrected chi connectivity index (χ2v) is 3.54. The number of aryl methyl sites for hydroxylation is 1. The van der Waals surface area contributed by atoms with Crippen LogP contribution < -0.4 is 11.1 Å². The van der Waals surface area contributed by atoms with Crippen LogP contribution in [0.2, 0.25) is 0 Å². The minimum absolute atomic E-state index is 0.0838. The number of carbonyl (C=O) groups is 1. The normalized spacial score (nSPS) is 10.8. The number of nitrogens with zero attached hydrogens (tertiary/aromatic N) is 2. The van der Waals surface area contributed by atoms with Crippen LogP contribution in [0, 0.1) is 10.1 Å². The van der Waals surface area contributed by atoms with E-state index in [1.807, 2.05) is 6.92 Å². The van der Waals surface area contributed by atoms with Gasteiger partial charge in [-0.1, -0.05) is 12.2 Å². The topological polar surface area (TPSA) is 103 Å². The van der Waals surface area contributed by atoms with E-state index < -0.39 is 4.92 Å². The zero-order chi connectivity index (χ0) is 13.5. The molecule has 0 unspecified atom stereocenters. The van der Waals surface area contributed by atoms with Crippen molar-refractivity contribution in [1.82, 2.24) is 9.88 Å². The third-order valence-electron chi connectivity index (χ3n) is 2.35. The van der Waals surface area contributed by atoms with Crippen LogP contribution in [0.25, 0.3) is 0 Å². The molecule has 0 radical (unpaired) electrons. The fourth-order valence-electron chi connectivity index (χ4n) is 1.47. The van der Waals surface area contributed by atoms with Crippen molar-refractivity contribution in [2.45, 2.75) is 13.5 Å². The molecule has 3 N–H and O–H groups in total. The average molecular weight is 252 g/mol. The van der Waals surface area contributed by atoms with Gasteiger partial charge in [0.2, 0.25) is 0 Å². The van der Waals surface area contributed by atoms with E-state index in [-0.39, 0.29) is 17.3 Å². The minimum atomic E-state index is -0.517. The van der Waals surface area contributed by atoms with Crippen molar-refractivity contribution >= 4 is 11.6 Å². The first-order chi connectivity index (χ1) is 8.60. The van der Waals surface area contributed by atoms with Gasteiger partial charge in [0.25, 0.3) is 11.6 Å². The summed E-state index contributed by atoms with van der Waals surface area (Å²) in [6.45, 7) is 3.06. The Bertz CT molecular complexity index is 465. The highest BCUT2D eigenvalue weighted by Gasteiger charge is 2.17. The summed E-state index contributed by atoms with van der Waals surface area (Å²) in [5.41, 5.74) is 5.46. The minimum Gasteiger partial charge on any atom is -0.347 e. The summed E-state index contributed by atoms with van der Waals surface area (Å²) >= 11 is 0. The van der Waals surface area contributed by atoms with Gasteiger partial charge in [-0.3, -0.25) is 14.9 Å². The molecule has 0 saturated carbocycles. The summed E-state index contributed by atoms with van der Waals surface area (Å²) in [5.74, 6) is -0.341. The Balaban J connectivity index is 2.78. The van der Waals surface area contributed by atoms with Crippen molar-refractivity contribution in [3.8, 4) is 0 Å². The number of aromatic nitrogens is 1. The van der Waals surface area contributed by atoms with E-state index in [4.69, 9.17) is 5.73 Å². The molecular formula is C11H16N4O3. The van der Waals surface area contributed by atoms with Gasteiger partial charge in [-0.05, 0) is 6.92 Å². The lowest BCUT2D eigenvalue weighted by Crippen LogP contribution is -2.25. The molecule has 0 aliphatic carbocycles. The van der Waals surface area contributed by atoms with E-state index in [1.54, 1.807) is 16.7 Å². The molecule has 1 rings (SSSR count). The quantitative estimate of drug-likeness (QED) is 0.441. The summed E-state index contributed by atoms with van der Waals surface area (Å²) in [6.07, 6.45) is 4.80. The second-order valence-electron chi connectivity index (χ2n) is 3.54. The molecule has 1 heterocycles. The van der Waals surface area contributed by atoms with Gasteiger partial charge in [0.05, 0.1) is 11.1 Å². The van der Waals surface area contributed by atoms with Crippen LogP contribution in [0.3, 0.4) is 0 Å². The number of nitrogens with two attached hydrogens (primary N) is 1. The maximum Gasteiger partial charge on any atom is 0.287 e. The summed E-state index contributed by atoms with van der Waals surface area (Å²) in [5, 5.41) is 13.3. The van der Waals surface area contributed by atoms with Gasteiger partial charge in [-0.25, -0.2) is 0 Å². The van der Waals surface area contributed by atoms with Crippen LogP contribution in [0.1, 0.15) is 17.4 Å². The Labute approximate surface area is 104 Å². The largest absolute Gasteiger partial charge is 0.347 e. The average Bonchev–Trinajstić information content (AvgIpc) is 2.78. The molecule has 0 bridgehead atoms. The number of amides is 1. The number of rotatable bonds is 6. The van der Waals surface area contributed by atoms with Crippen molar-refractivity contribution in [3.05, 3.63) is 40.2 Å². The first kappa shape index (κ1) is 13.9. The Morgan fingerprint density at radius 3 is 2.89 bits per heavy atom. The highest BCUT2D eigenvalue weighted by atomic mass is 16.6. The Morgan fingerprint density at radius 1 is 1.61 bits per heavy atom. The first-order valence-corrected chi connectivity index (χ1v) is 5.58. The molecule has 0 atom stereocenters. The Hall–Kier alpha value is -2.15. The summed E-state index contributed by atoms with van der Waals surface area (Å²) in [6, 6.07) is 1.27. The van der Waals surface area contributed by atoms with Gasteiger partial charge in [0, 0.05) is 25.7 Å². The number of nitrogens with one attached hydrogen (secondary N) is 1. The predicted molar refractivity (Wildman–Crippen MR) is 67.3 cm³/mol. The van der Waals surface area contributed by atoms with E-state index in [0.29, 0.717) is 19.6 Å². The standard InChI is InChI=1S/C11H16N4O3/c1-2-14-8-9(15(17)18)7-10(14)11(16)13-6-4-3-5-12/h3-4,7-8H,2,5-6,12H2,1H3,(H,13,16)/b4-3+. The maximum absolute atomic E-state index is 11.8. The molecule has 1 aromatic heterocycles. The van der Waals surface area contributed by atoms with E-state index >= 15 is 0 Å². The highest BCUT2D eigenvalue weighted by Crippen LogP contribution is 2.16. The summed E-state index contributed by atoms with van der Waals surface area (Å²) in [4.78, 5) is 21.9. The lowest BCUT2D eigenvalue weighted by atomic mass is 10.3. The lowest BCUT2D eigenvalue weighted by molar-refractivity contribution is -0.384. The molecule has 1 amide bonds. The maximum atomic E-state index is 11.8. The zero-order valence-corrected chi connectivity index (χ0v) is 10.1. The van der Waals surface area contributed by atoms with Gasteiger partial charge in [-0.2, -0.15) is 0 Å². The predicted octanol–water partition coefficient (Wildman–Crippen LogP) is 0.661. The van der Waals surface area contributed by atoms with Crippen molar-refractivity contribution < 1.29 is 9.72 Å². The van der Waals surface area contributed by atoms with E-state index in [1.165, 1.54) is 12.3 Å². The molecular weight excluding hydrogens is 236 g/mol. The molecule has 98 valence electrons. The third-order valence-corrected chi connectivity index (χ3v) is 2.35. The smallest absolute Gasteiger partial charge is 0.287 e. The second kappa shape index (κ2) is 6.55. The van der Waals surface area contributed by atoms with Crippen molar-refractivity contribution in [1.29, 1.82) is 0 Å². The molecule has 0 aliphatic rings. The van der Waals surface area contributed by atoms with Crippen LogP contribution in [0.5, 0.6) is 0 Å². The molecule has 0 fully saturated rings. The van der Waals surface area contributed by atoms with Gasteiger partial charge in [-0.15, -0.1) is 0 Å². The van der Waals surface area contributed by atoms with Gasteiger partial charge in [0.15, 0.2) is 0 Å². The number of carbonyl (C=O) groups excluding carboxylic acids is 1. The van der Waals surface area contributed by atoms with Gasteiger partial charge in [0.1, 0.15) is 5.69 Å².